The second-order valence-corrected chi connectivity index (χ2v) is 14.9. The predicted octanol–water partition coefficient (Wildman–Crippen LogP) is 11.1. The van der Waals surface area contributed by atoms with Crippen molar-refractivity contribution in [1.82, 2.24) is 4.57 Å². The Morgan fingerprint density at radius 1 is 0.649 bits per heavy atom. The van der Waals surface area contributed by atoms with Gasteiger partial charge in [0.15, 0.2) is 5.78 Å². The molecule has 0 saturated carbocycles. The Hall–Kier alpha value is -5.78. The molecule has 6 aromatic rings. The van der Waals surface area contributed by atoms with Gasteiger partial charge in [-0.15, -0.1) is 0 Å². The van der Waals surface area contributed by atoms with Crippen molar-refractivity contribution >= 4 is 61.0 Å². The Balaban J connectivity index is 0.000000242. The average Bonchev–Trinajstić information content (AvgIpc) is 3.60. The third-order valence-corrected chi connectivity index (χ3v) is 9.68. The molecular weight excluding hydrogens is 852 g/mol. The summed E-state index contributed by atoms with van der Waals surface area (Å²) in [6.45, 7) is 5.71. The highest BCUT2D eigenvalue weighted by molar-refractivity contribution is 9.10. The van der Waals surface area contributed by atoms with Crippen LogP contribution in [0.25, 0.3) is 16.9 Å². The Labute approximate surface area is 349 Å². The van der Waals surface area contributed by atoms with Crippen LogP contribution in [0, 0.1) is 6.92 Å². The highest BCUT2D eigenvalue weighted by atomic mass is 79.9. The molecule has 0 aliphatic heterocycles. The van der Waals surface area contributed by atoms with E-state index >= 15 is 0 Å². The lowest BCUT2D eigenvalue weighted by Crippen LogP contribution is -2.13. The van der Waals surface area contributed by atoms with Gasteiger partial charge in [0.05, 0.1) is 29.6 Å². The van der Waals surface area contributed by atoms with E-state index < -0.39 is 5.97 Å². The normalized spacial score (nSPS) is 10.5. The number of carbonyl (C=O) groups is 4. The molecule has 0 radical (unpaired) electrons. The van der Waals surface area contributed by atoms with Gasteiger partial charge in [-0.3, -0.25) is 9.59 Å². The Bertz CT molecular complexity index is 2360. The molecule has 1 amide bonds. The third-order valence-electron chi connectivity index (χ3n) is 8.69. The molecule has 1 N–H and O–H groups in total. The SMILES string of the molecule is CC(=O)CCC(=O)c1cc(Br)ccc1OCc1ccccc1.COC(=O)c1cc(-n2c(C)ccc2-c2cc(Br)ccc2OCc2ccccc2)ccc1NC(C)=O. The van der Waals surface area contributed by atoms with Crippen LogP contribution in [-0.4, -0.2) is 35.1 Å². The van der Waals surface area contributed by atoms with E-state index in [1.807, 2.05) is 115 Å². The molecular formula is C46H42Br2N2O7. The van der Waals surface area contributed by atoms with Crippen LogP contribution < -0.4 is 14.8 Å². The smallest absolute Gasteiger partial charge is 0.340 e. The number of hydrogen-bond donors (Lipinski definition) is 1. The number of nitrogens with one attached hydrogen (secondary N) is 1. The van der Waals surface area contributed by atoms with Gasteiger partial charge in [0.25, 0.3) is 0 Å². The van der Waals surface area contributed by atoms with Crippen LogP contribution in [0.3, 0.4) is 0 Å². The number of anilines is 1. The molecule has 0 aliphatic rings. The van der Waals surface area contributed by atoms with E-state index in [0.29, 0.717) is 30.2 Å². The zero-order chi connectivity index (χ0) is 40.9. The van der Waals surface area contributed by atoms with Crippen LogP contribution in [0.15, 0.2) is 136 Å². The minimum absolute atomic E-state index is 0.00935. The van der Waals surface area contributed by atoms with Gasteiger partial charge in [0, 0.05) is 45.7 Å². The quantitative estimate of drug-likeness (QED) is 0.0856. The van der Waals surface area contributed by atoms with Gasteiger partial charge in [-0.25, -0.2) is 4.79 Å². The van der Waals surface area contributed by atoms with Crippen LogP contribution >= 0.6 is 31.9 Å². The topological polar surface area (TPSA) is 113 Å². The molecule has 11 heteroatoms. The second kappa shape index (κ2) is 20.4. The van der Waals surface area contributed by atoms with E-state index in [1.54, 1.807) is 24.3 Å². The number of methoxy groups -OCH3 is 1. The van der Waals surface area contributed by atoms with Gasteiger partial charge in [-0.2, -0.15) is 0 Å². The molecule has 0 unspecified atom stereocenters. The monoisotopic (exact) mass is 892 g/mol. The van der Waals surface area contributed by atoms with E-state index in [2.05, 4.69) is 37.2 Å². The summed E-state index contributed by atoms with van der Waals surface area (Å²) in [5.41, 5.74) is 6.80. The first-order valence-electron chi connectivity index (χ1n) is 18.1. The third kappa shape index (κ3) is 11.9. The number of benzene rings is 5. The first kappa shape index (κ1) is 42.4. The Kier molecular flexibility index (Phi) is 15.2. The summed E-state index contributed by atoms with van der Waals surface area (Å²) in [5.74, 6) is 0.404. The van der Waals surface area contributed by atoms with Crippen molar-refractivity contribution in [3.05, 3.63) is 164 Å². The fraction of sp³-hybridized carbons (Fsp3) is 0.174. The molecule has 57 heavy (non-hydrogen) atoms. The number of carbonyl (C=O) groups excluding carboxylic acids is 4. The highest BCUT2D eigenvalue weighted by Gasteiger charge is 2.19. The molecule has 1 heterocycles. The number of halogens is 2. The van der Waals surface area contributed by atoms with Crippen LogP contribution in [0.4, 0.5) is 5.69 Å². The number of rotatable bonds is 14. The lowest BCUT2D eigenvalue weighted by molar-refractivity contribution is -0.117. The first-order chi connectivity index (χ1) is 27.4. The summed E-state index contributed by atoms with van der Waals surface area (Å²) in [7, 11) is 1.32. The number of esters is 1. The number of aromatic nitrogens is 1. The van der Waals surface area contributed by atoms with Crippen molar-refractivity contribution in [3.8, 4) is 28.4 Å². The van der Waals surface area contributed by atoms with E-state index in [4.69, 9.17) is 14.2 Å². The fourth-order valence-corrected chi connectivity index (χ4v) is 6.63. The molecule has 6 rings (SSSR count). The molecule has 0 atom stereocenters. The number of hydrogen-bond acceptors (Lipinski definition) is 7. The molecule has 0 saturated heterocycles. The van der Waals surface area contributed by atoms with Crippen molar-refractivity contribution in [2.45, 2.75) is 46.8 Å². The summed E-state index contributed by atoms with van der Waals surface area (Å²) >= 11 is 6.95. The van der Waals surface area contributed by atoms with Crippen molar-refractivity contribution in [2.75, 3.05) is 12.4 Å². The maximum Gasteiger partial charge on any atom is 0.340 e. The minimum Gasteiger partial charge on any atom is -0.488 e. The first-order valence-corrected chi connectivity index (χ1v) is 19.7. The average molecular weight is 895 g/mol. The van der Waals surface area contributed by atoms with Crippen LogP contribution in [0.2, 0.25) is 0 Å². The Morgan fingerprint density at radius 3 is 1.84 bits per heavy atom. The van der Waals surface area contributed by atoms with E-state index in [-0.39, 0.29) is 35.9 Å². The predicted molar refractivity (Wildman–Crippen MR) is 229 cm³/mol. The summed E-state index contributed by atoms with van der Waals surface area (Å²) < 4.78 is 20.7. The summed E-state index contributed by atoms with van der Waals surface area (Å²) in [6.07, 6.45) is 0.455. The lowest BCUT2D eigenvalue weighted by atomic mass is 10.0. The molecule has 5 aromatic carbocycles. The van der Waals surface area contributed by atoms with Crippen molar-refractivity contribution in [3.63, 3.8) is 0 Å². The maximum absolute atomic E-state index is 12.5. The highest BCUT2D eigenvalue weighted by Crippen LogP contribution is 2.37. The number of aryl methyl sites for hydroxylation is 1. The molecule has 0 spiro atoms. The second-order valence-electron chi connectivity index (χ2n) is 13.1. The van der Waals surface area contributed by atoms with Gasteiger partial charge < -0.3 is 28.9 Å². The number of Topliss-reactive ketones (excluding diaryl/α,β-unsaturated/α-hetero) is 2. The van der Waals surface area contributed by atoms with E-state index in [1.165, 1.54) is 21.0 Å². The zero-order valence-electron chi connectivity index (χ0n) is 32.0. The van der Waals surface area contributed by atoms with Crippen molar-refractivity contribution in [2.24, 2.45) is 0 Å². The summed E-state index contributed by atoms with van der Waals surface area (Å²) in [6, 6.07) is 40.3. The number of ketones is 2. The van der Waals surface area contributed by atoms with Crippen LogP contribution in [-0.2, 0) is 27.5 Å². The molecule has 0 bridgehead atoms. The minimum atomic E-state index is -0.531. The Morgan fingerprint density at radius 2 is 1.25 bits per heavy atom. The fourth-order valence-electron chi connectivity index (χ4n) is 5.91. The molecule has 292 valence electrons. The summed E-state index contributed by atoms with van der Waals surface area (Å²) in [4.78, 5) is 47.4. The largest absolute Gasteiger partial charge is 0.488 e. The molecule has 1 aromatic heterocycles. The zero-order valence-corrected chi connectivity index (χ0v) is 35.2. The number of ether oxygens (including phenoxy) is 3. The van der Waals surface area contributed by atoms with Crippen molar-refractivity contribution in [1.29, 1.82) is 0 Å². The van der Waals surface area contributed by atoms with Gasteiger partial charge in [0.1, 0.15) is 30.5 Å². The number of nitrogens with zero attached hydrogens (tertiary/aromatic N) is 1. The van der Waals surface area contributed by atoms with E-state index in [9.17, 15) is 19.2 Å². The number of amides is 1. The van der Waals surface area contributed by atoms with Crippen molar-refractivity contribution < 1.29 is 33.4 Å². The van der Waals surface area contributed by atoms with Gasteiger partial charge >= 0.3 is 5.97 Å². The molecule has 0 aliphatic carbocycles. The van der Waals surface area contributed by atoms with Gasteiger partial charge in [-0.05, 0) is 91.7 Å². The lowest BCUT2D eigenvalue weighted by Gasteiger charge is -2.18. The van der Waals surface area contributed by atoms with Gasteiger partial charge in [0.2, 0.25) is 5.91 Å². The standard InChI is InChI=1S/C28H25BrN2O4.C18H17BrO3/c1-18-9-13-26(24-15-21(29)10-14-27(24)35-17-20-7-5-4-6-8-20)31(18)22-11-12-25(30-19(2)32)23(16-22)28(33)34-3;1-13(20)7-9-17(21)16-11-15(19)8-10-18(16)22-12-14-5-3-2-4-6-14/h4-16H,17H2,1-3H3,(H,30,32);2-6,8,10-11H,7,9,12H2,1H3. The van der Waals surface area contributed by atoms with Crippen LogP contribution in [0.1, 0.15) is 64.2 Å². The molecule has 0 fully saturated rings. The van der Waals surface area contributed by atoms with Gasteiger partial charge in [-0.1, -0.05) is 92.5 Å². The molecule has 9 nitrogen and oxygen atoms in total. The summed E-state index contributed by atoms with van der Waals surface area (Å²) in [5, 5.41) is 2.70. The van der Waals surface area contributed by atoms with Crippen LogP contribution in [0.5, 0.6) is 11.5 Å². The maximum atomic E-state index is 12.5. The van der Waals surface area contributed by atoms with E-state index in [0.717, 1.165) is 48.5 Å².